The van der Waals surface area contributed by atoms with Crippen molar-refractivity contribution < 1.29 is 14.2 Å². The summed E-state index contributed by atoms with van der Waals surface area (Å²) >= 11 is 0. The van der Waals surface area contributed by atoms with Gasteiger partial charge in [0.05, 0.1) is 11.2 Å². The van der Waals surface area contributed by atoms with E-state index in [0.717, 1.165) is 16.6 Å². The Morgan fingerprint density at radius 2 is 1.32 bits per heavy atom. The van der Waals surface area contributed by atoms with E-state index < -0.39 is 11.2 Å². The summed E-state index contributed by atoms with van der Waals surface area (Å²) < 4.78 is 18.6. The minimum atomic E-state index is -0.947. The maximum Gasteiger partial charge on any atom is 0.330 e. The molecule has 2 nitrogen and oxygen atoms in total. The van der Waals surface area contributed by atoms with Gasteiger partial charge in [-0.05, 0) is 51.0 Å². The summed E-state index contributed by atoms with van der Waals surface area (Å²) in [6.07, 6.45) is 0. The smallest absolute Gasteiger partial charge is 0.330 e. The van der Waals surface area contributed by atoms with Crippen molar-refractivity contribution in [2.24, 2.45) is 0 Å². The molecular weight excluding hydrogens is 278 g/mol. The Bertz CT molecular complexity index is 613. The van der Waals surface area contributed by atoms with Crippen molar-refractivity contribution in [3.8, 4) is 11.1 Å². The number of benzene rings is 2. The van der Waals surface area contributed by atoms with Crippen molar-refractivity contribution >= 4 is 12.9 Å². The summed E-state index contributed by atoms with van der Waals surface area (Å²) in [6.45, 7) is 7.13. The third kappa shape index (κ3) is 3.96. The van der Waals surface area contributed by atoms with E-state index in [0.29, 0.717) is 0 Å². The Kier molecular flexibility index (Phi) is 4.73. The number of hydrogen-bond acceptors (Lipinski definition) is 2. The van der Waals surface area contributed by atoms with Gasteiger partial charge in [-0.1, -0.05) is 41.9 Å². The molecule has 0 bridgehead atoms. The van der Waals surface area contributed by atoms with E-state index in [-0.39, 0.29) is 5.82 Å². The molecule has 0 saturated carbocycles. The molecule has 0 aliphatic heterocycles. The second kappa shape index (κ2) is 6.23. The lowest BCUT2D eigenvalue weighted by molar-refractivity contribution is -0.0893. The molecular formula is C18H21BFO2. The molecule has 0 aliphatic carbocycles. The van der Waals surface area contributed by atoms with Crippen LogP contribution >= 0.6 is 0 Å². The van der Waals surface area contributed by atoms with Gasteiger partial charge in [0.25, 0.3) is 0 Å². The third-order valence-corrected chi connectivity index (χ3v) is 4.05. The first kappa shape index (κ1) is 16.7. The Morgan fingerprint density at radius 1 is 0.864 bits per heavy atom. The van der Waals surface area contributed by atoms with Gasteiger partial charge in [0.1, 0.15) is 5.82 Å². The normalized spacial score (nSPS) is 12.3. The lowest BCUT2D eigenvalue weighted by Crippen LogP contribution is -2.49. The fraction of sp³-hybridized carbons (Fsp3) is 0.333. The molecule has 0 amide bonds. The molecule has 0 atom stereocenters. The van der Waals surface area contributed by atoms with Crippen LogP contribution in [-0.4, -0.2) is 23.8 Å². The Balaban J connectivity index is 2.05. The molecule has 22 heavy (non-hydrogen) atoms. The van der Waals surface area contributed by atoms with Crippen molar-refractivity contribution in [1.29, 1.82) is 0 Å². The molecule has 2 aromatic rings. The zero-order chi connectivity index (χ0) is 16.4. The van der Waals surface area contributed by atoms with E-state index in [2.05, 4.69) is 0 Å². The summed E-state index contributed by atoms with van der Waals surface area (Å²) in [7, 11) is 1.65. The van der Waals surface area contributed by atoms with Crippen LogP contribution in [0.25, 0.3) is 11.1 Å². The molecule has 0 heterocycles. The topological polar surface area (TPSA) is 29.5 Å². The van der Waals surface area contributed by atoms with E-state index in [1.165, 1.54) is 12.1 Å². The first-order chi connectivity index (χ1) is 10.2. The van der Waals surface area contributed by atoms with Gasteiger partial charge < -0.3 is 9.76 Å². The van der Waals surface area contributed by atoms with Gasteiger partial charge in [0.15, 0.2) is 0 Å². The monoisotopic (exact) mass is 299 g/mol. The molecule has 0 fully saturated rings. The molecule has 2 rings (SSSR count). The van der Waals surface area contributed by atoms with Gasteiger partial charge in [-0.15, -0.1) is 0 Å². The van der Waals surface area contributed by atoms with Gasteiger partial charge >= 0.3 is 7.48 Å². The number of halogens is 1. The average Bonchev–Trinajstić information content (AvgIpc) is 2.45. The number of aliphatic hydroxyl groups is 1. The quantitative estimate of drug-likeness (QED) is 0.858. The summed E-state index contributed by atoms with van der Waals surface area (Å²) in [5, 5.41) is 10.1. The molecule has 0 unspecified atom stereocenters. The highest BCUT2D eigenvalue weighted by molar-refractivity contribution is 6.47. The molecule has 2 aromatic carbocycles. The van der Waals surface area contributed by atoms with Crippen LogP contribution in [0.1, 0.15) is 27.7 Å². The standard InChI is InChI=1S/C18H21BFO2/c1-17(2,21)18(3,4)22-19-15-9-5-13(6-10-15)14-7-11-16(20)12-8-14/h5-12,21H,1-4H3. The second-order valence-corrected chi connectivity index (χ2v) is 6.43. The Labute approximate surface area is 132 Å². The summed E-state index contributed by atoms with van der Waals surface area (Å²) in [4.78, 5) is 0. The van der Waals surface area contributed by atoms with E-state index in [4.69, 9.17) is 4.65 Å². The first-order valence-corrected chi connectivity index (χ1v) is 7.28. The molecule has 1 N–H and O–H groups in total. The summed E-state index contributed by atoms with van der Waals surface area (Å²) in [6, 6.07) is 14.2. The lowest BCUT2D eigenvalue weighted by Gasteiger charge is -2.37. The van der Waals surface area contributed by atoms with Crippen molar-refractivity contribution in [2.45, 2.75) is 38.9 Å². The maximum absolute atomic E-state index is 12.9. The number of hydrogen-bond donors (Lipinski definition) is 1. The maximum atomic E-state index is 12.9. The molecule has 4 heteroatoms. The molecule has 0 saturated heterocycles. The Morgan fingerprint density at radius 3 is 1.77 bits per heavy atom. The largest absolute Gasteiger partial charge is 0.427 e. The van der Waals surface area contributed by atoms with E-state index >= 15 is 0 Å². The zero-order valence-electron chi connectivity index (χ0n) is 13.4. The SMILES string of the molecule is CC(C)(O)C(C)(C)O[B]c1ccc(-c2ccc(F)cc2)cc1. The van der Waals surface area contributed by atoms with Crippen LogP contribution in [0, 0.1) is 5.82 Å². The minimum absolute atomic E-state index is 0.240. The lowest BCUT2D eigenvalue weighted by atomic mass is 9.82. The second-order valence-electron chi connectivity index (χ2n) is 6.43. The van der Waals surface area contributed by atoms with Crippen molar-refractivity contribution in [2.75, 3.05) is 0 Å². The van der Waals surface area contributed by atoms with Crippen LogP contribution in [0.2, 0.25) is 0 Å². The molecule has 115 valence electrons. The van der Waals surface area contributed by atoms with E-state index in [1.807, 2.05) is 38.1 Å². The fourth-order valence-electron chi connectivity index (χ4n) is 1.76. The highest BCUT2D eigenvalue weighted by Gasteiger charge is 2.35. The predicted molar refractivity (Wildman–Crippen MR) is 88.7 cm³/mol. The molecule has 0 aromatic heterocycles. The van der Waals surface area contributed by atoms with Crippen molar-refractivity contribution in [3.05, 3.63) is 54.3 Å². The fourth-order valence-corrected chi connectivity index (χ4v) is 1.76. The van der Waals surface area contributed by atoms with Gasteiger partial charge in [0, 0.05) is 0 Å². The average molecular weight is 299 g/mol. The summed E-state index contributed by atoms with van der Waals surface area (Å²) in [5.74, 6) is -0.240. The van der Waals surface area contributed by atoms with E-state index in [1.54, 1.807) is 33.5 Å². The van der Waals surface area contributed by atoms with Crippen LogP contribution < -0.4 is 5.46 Å². The predicted octanol–water partition coefficient (Wildman–Crippen LogP) is 3.30. The number of rotatable bonds is 5. The molecule has 0 aliphatic rings. The van der Waals surface area contributed by atoms with Crippen molar-refractivity contribution in [1.82, 2.24) is 0 Å². The third-order valence-electron chi connectivity index (χ3n) is 4.05. The van der Waals surface area contributed by atoms with E-state index in [9.17, 15) is 9.50 Å². The summed E-state index contributed by atoms with van der Waals surface area (Å²) in [5.41, 5.74) is 1.24. The van der Waals surface area contributed by atoms with Crippen LogP contribution in [0.5, 0.6) is 0 Å². The van der Waals surface area contributed by atoms with Gasteiger partial charge in [-0.2, -0.15) is 0 Å². The van der Waals surface area contributed by atoms with Crippen LogP contribution in [0.15, 0.2) is 48.5 Å². The van der Waals surface area contributed by atoms with Gasteiger partial charge in [-0.25, -0.2) is 4.39 Å². The zero-order valence-corrected chi connectivity index (χ0v) is 13.4. The van der Waals surface area contributed by atoms with Crippen LogP contribution in [0.4, 0.5) is 4.39 Å². The first-order valence-electron chi connectivity index (χ1n) is 7.28. The van der Waals surface area contributed by atoms with Gasteiger partial charge in [0.2, 0.25) is 0 Å². The van der Waals surface area contributed by atoms with Crippen LogP contribution in [0.3, 0.4) is 0 Å². The Hall–Kier alpha value is -1.65. The highest BCUT2D eigenvalue weighted by Crippen LogP contribution is 2.24. The molecule has 0 spiro atoms. The van der Waals surface area contributed by atoms with Crippen LogP contribution in [-0.2, 0) is 4.65 Å². The van der Waals surface area contributed by atoms with Crippen molar-refractivity contribution in [3.63, 3.8) is 0 Å². The highest BCUT2D eigenvalue weighted by atomic mass is 19.1. The van der Waals surface area contributed by atoms with Gasteiger partial charge in [-0.3, -0.25) is 0 Å². The minimum Gasteiger partial charge on any atom is -0.427 e. The molecule has 1 radical (unpaired) electrons.